The lowest BCUT2D eigenvalue weighted by Gasteiger charge is -2.06. The number of benzene rings is 1. The number of hydrogen-bond donors (Lipinski definition) is 2. The van der Waals surface area contributed by atoms with E-state index >= 15 is 0 Å². The van der Waals surface area contributed by atoms with E-state index in [1.54, 1.807) is 25.2 Å². The van der Waals surface area contributed by atoms with E-state index in [4.69, 9.17) is 23.2 Å². The van der Waals surface area contributed by atoms with Crippen molar-refractivity contribution in [1.29, 1.82) is 0 Å². The highest BCUT2D eigenvalue weighted by atomic mass is 35.5. The first kappa shape index (κ1) is 13.6. The minimum atomic E-state index is -0.372. The van der Waals surface area contributed by atoms with Crippen LogP contribution in [-0.2, 0) is 0 Å². The van der Waals surface area contributed by atoms with Crippen molar-refractivity contribution in [3.8, 4) is 0 Å². The van der Waals surface area contributed by atoms with E-state index < -0.39 is 0 Å². The van der Waals surface area contributed by atoms with Crippen molar-refractivity contribution in [2.45, 2.75) is 0 Å². The van der Waals surface area contributed by atoms with Crippen LogP contribution in [0.3, 0.4) is 0 Å². The minimum Gasteiger partial charge on any atom is -0.372 e. The molecule has 0 fully saturated rings. The average Bonchev–Trinajstić information content (AvgIpc) is 2.43. The van der Waals surface area contributed by atoms with Crippen molar-refractivity contribution in [3.05, 3.63) is 46.3 Å². The summed E-state index contributed by atoms with van der Waals surface area (Å²) in [5.74, 6) is 0.143. The average molecular weight is 297 g/mol. The zero-order valence-electron chi connectivity index (χ0n) is 9.95. The van der Waals surface area contributed by atoms with Gasteiger partial charge in [-0.05, 0) is 18.2 Å². The van der Waals surface area contributed by atoms with Crippen molar-refractivity contribution in [2.24, 2.45) is 0 Å². The molecule has 2 aromatic rings. The van der Waals surface area contributed by atoms with Gasteiger partial charge in [0.15, 0.2) is 0 Å². The summed E-state index contributed by atoms with van der Waals surface area (Å²) in [6.45, 7) is 0. The second kappa shape index (κ2) is 5.86. The van der Waals surface area contributed by atoms with Gasteiger partial charge in [0, 0.05) is 12.7 Å². The van der Waals surface area contributed by atoms with Crippen LogP contribution in [0.25, 0.3) is 0 Å². The maximum Gasteiger partial charge on any atom is 0.275 e. The molecule has 0 aliphatic heterocycles. The van der Waals surface area contributed by atoms with E-state index in [0.29, 0.717) is 21.6 Å². The zero-order valence-corrected chi connectivity index (χ0v) is 11.5. The lowest BCUT2D eigenvalue weighted by atomic mass is 10.3. The molecule has 0 aliphatic carbocycles. The van der Waals surface area contributed by atoms with Gasteiger partial charge in [-0.3, -0.25) is 9.78 Å². The Morgan fingerprint density at radius 1 is 1.21 bits per heavy atom. The number of amides is 1. The van der Waals surface area contributed by atoms with Crippen LogP contribution < -0.4 is 10.6 Å². The fraction of sp³-hybridized carbons (Fsp3) is 0.0833. The molecular weight excluding hydrogens is 287 g/mol. The first-order valence-corrected chi connectivity index (χ1v) is 6.12. The topological polar surface area (TPSA) is 66.9 Å². The van der Waals surface area contributed by atoms with Gasteiger partial charge in [0.2, 0.25) is 0 Å². The monoisotopic (exact) mass is 296 g/mol. The first-order chi connectivity index (χ1) is 9.10. The lowest BCUT2D eigenvalue weighted by molar-refractivity contribution is 0.102. The molecule has 2 rings (SSSR count). The number of rotatable bonds is 3. The van der Waals surface area contributed by atoms with Gasteiger partial charge in [0.05, 0.1) is 22.4 Å². The number of nitrogens with one attached hydrogen (secondary N) is 2. The van der Waals surface area contributed by atoms with E-state index in [1.165, 1.54) is 12.4 Å². The fourth-order valence-corrected chi connectivity index (χ4v) is 1.66. The molecule has 1 heterocycles. The van der Waals surface area contributed by atoms with E-state index in [-0.39, 0.29) is 11.6 Å². The second-order valence-corrected chi connectivity index (χ2v) is 4.44. The third-order valence-corrected chi connectivity index (χ3v) is 3.04. The minimum absolute atomic E-state index is 0.206. The Bertz CT molecular complexity index is 618. The molecule has 0 saturated carbocycles. The van der Waals surface area contributed by atoms with Gasteiger partial charge in [-0.1, -0.05) is 23.2 Å². The summed E-state index contributed by atoms with van der Waals surface area (Å²) in [7, 11) is 1.70. The molecule has 5 nitrogen and oxygen atoms in total. The molecule has 0 bridgehead atoms. The highest BCUT2D eigenvalue weighted by Gasteiger charge is 2.09. The number of anilines is 2. The summed E-state index contributed by atoms with van der Waals surface area (Å²) in [6, 6.07) is 4.83. The number of hydrogen-bond acceptors (Lipinski definition) is 4. The third kappa shape index (κ3) is 3.33. The smallest absolute Gasteiger partial charge is 0.275 e. The van der Waals surface area contributed by atoms with Crippen LogP contribution >= 0.6 is 23.2 Å². The van der Waals surface area contributed by atoms with E-state index in [2.05, 4.69) is 20.6 Å². The van der Waals surface area contributed by atoms with Crippen molar-refractivity contribution in [1.82, 2.24) is 9.97 Å². The molecule has 1 amide bonds. The molecule has 19 heavy (non-hydrogen) atoms. The number of carbonyl (C=O) groups excluding carboxylic acids is 1. The molecule has 0 atom stereocenters. The predicted octanol–water partition coefficient (Wildman–Crippen LogP) is 3.08. The van der Waals surface area contributed by atoms with Crippen LogP contribution in [0.4, 0.5) is 11.5 Å². The first-order valence-electron chi connectivity index (χ1n) is 5.36. The number of nitrogens with zero attached hydrogens (tertiary/aromatic N) is 2. The molecule has 1 aromatic heterocycles. The van der Waals surface area contributed by atoms with Gasteiger partial charge < -0.3 is 10.6 Å². The van der Waals surface area contributed by atoms with E-state index in [9.17, 15) is 4.79 Å². The number of halogens is 2. The summed E-state index contributed by atoms with van der Waals surface area (Å²) in [5, 5.41) is 6.27. The number of carbonyl (C=O) groups is 1. The molecule has 98 valence electrons. The predicted molar refractivity (Wildman–Crippen MR) is 76.0 cm³/mol. The van der Waals surface area contributed by atoms with Crippen LogP contribution in [0.5, 0.6) is 0 Å². The quantitative estimate of drug-likeness (QED) is 0.913. The van der Waals surface area contributed by atoms with Crippen LogP contribution in [0, 0.1) is 0 Å². The third-order valence-electron chi connectivity index (χ3n) is 2.30. The van der Waals surface area contributed by atoms with Gasteiger partial charge in [-0.25, -0.2) is 4.98 Å². The highest BCUT2D eigenvalue weighted by Crippen LogP contribution is 2.25. The molecular formula is C12H10Cl2N4O. The van der Waals surface area contributed by atoms with Gasteiger partial charge in [0.1, 0.15) is 11.5 Å². The van der Waals surface area contributed by atoms with Gasteiger partial charge in [-0.15, -0.1) is 0 Å². The van der Waals surface area contributed by atoms with Crippen LogP contribution in [0.15, 0.2) is 30.6 Å². The Kier molecular flexibility index (Phi) is 4.19. The second-order valence-electron chi connectivity index (χ2n) is 3.62. The van der Waals surface area contributed by atoms with Crippen LogP contribution in [0.2, 0.25) is 10.0 Å². The van der Waals surface area contributed by atoms with Crippen LogP contribution in [0.1, 0.15) is 10.5 Å². The Morgan fingerprint density at radius 3 is 2.68 bits per heavy atom. The summed E-state index contributed by atoms with van der Waals surface area (Å²) in [5.41, 5.74) is 0.744. The van der Waals surface area contributed by atoms with Gasteiger partial charge in [-0.2, -0.15) is 0 Å². The van der Waals surface area contributed by atoms with E-state index in [0.717, 1.165) is 0 Å². The largest absolute Gasteiger partial charge is 0.372 e. The standard InChI is InChI=1S/C12H10Cl2N4O/c1-15-11-6-16-5-10(18-11)12(19)17-7-2-3-8(13)9(14)4-7/h2-6H,1H3,(H,15,18)(H,17,19). The molecule has 0 saturated heterocycles. The molecule has 2 N–H and O–H groups in total. The summed E-state index contributed by atoms with van der Waals surface area (Å²) in [4.78, 5) is 20.0. The fourth-order valence-electron chi connectivity index (χ4n) is 1.36. The lowest BCUT2D eigenvalue weighted by Crippen LogP contribution is -2.14. The highest BCUT2D eigenvalue weighted by molar-refractivity contribution is 6.42. The van der Waals surface area contributed by atoms with Crippen molar-refractivity contribution in [2.75, 3.05) is 17.7 Å². The van der Waals surface area contributed by atoms with E-state index in [1.807, 2.05) is 0 Å². The summed E-state index contributed by atoms with van der Waals surface area (Å²) >= 11 is 11.7. The van der Waals surface area contributed by atoms with Crippen LogP contribution in [-0.4, -0.2) is 22.9 Å². The Morgan fingerprint density at radius 2 is 2.00 bits per heavy atom. The van der Waals surface area contributed by atoms with Gasteiger partial charge in [0.25, 0.3) is 5.91 Å². The molecule has 0 radical (unpaired) electrons. The maximum absolute atomic E-state index is 12.0. The molecule has 0 unspecified atom stereocenters. The zero-order chi connectivity index (χ0) is 13.8. The Hall–Kier alpha value is -1.85. The molecule has 0 spiro atoms. The van der Waals surface area contributed by atoms with Crippen molar-refractivity contribution >= 4 is 40.6 Å². The van der Waals surface area contributed by atoms with Gasteiger partial charge >= 0.3 is 0 Å². The molecule has 0 aliphatic rings. The Balaban J connectivity index is 2.18. The SMILES string of the molecule is CNc1cncc(C(=O)Nc2ccc(Cl)c(Cl)c2)n1. The maximum atomic E-state index is 12.0. The normalized spacial score (nSPS) is 10.1. The summed E-state index contributed by atoms with van der Waals surface area (Å²) < 4.78 is 0. The number of aromatic nitrogens is 2. The van der Waals surface area contributed by atoms with Crippen molar-refractivity contribution in [3.63, 3.8) is 0 Å². The molecule has 7 heteroatoms. The Labute approximate surface area is 120 Å². The molecule has 1 aromatic carbocycles. The van der Waals surface area contributed by atoms with Crippen molar-refractivity contribution < 1.29 is 4.79 Å². The summed E-state index contributed by atoms with van der Waals surface area (Å²) in [6.07, 6.45) is 2.91.